The molecule has 102 valence electrons. The predicted molar refractivity (Wildman–Crippen MR) is 81.4 cm³/mol. The summed E-state index contributed by atoms with van der Waals surface area (Å²) in [6.45, 7) is 2.14. The van der Waals surface area contributed by atoms with Gasteiger partial charge in [0.1, 0.15) is 5.75 Å². The van der Waals surface area contributed by atoms with E-state index in [-0.39, 0.29) is 0 Å². The van der Waals surface area contributed by atoms with Gasteiger partial charge in [-0.05, 0) is 36.2 Å². The molecular formula is C16H17N3O. The fraction of sp³-hybridized carbons (Fsp3) is 0.188. The van der Waals surface area contributed by atoms with Crippen LogP contribution < -0.4 is 10.5 Å². The fourth-order valence-corrected chi connectivity index (χ4v) is 2.35. The maximum Gasteiger partial charge on any atom is 0.205 e. The molecular weight excluding hydrogens is 250 g/mol. The van der Waals surface area contributed by atoms with Crippen LogP contribution in [0.4, 0.5) is 5.95 Å². The van der Waals surface area contributed by atoms with Crippen molar-refractivity contribution >= 4 is 17.0 Å². The molecule has 2 N–H and O–H groups in total. The Morgan fingerprint density at radius 3 is 2.55 bits per heavy atom. The van der Waals surface area contributed by atoms with Gasteiger partial charge in [-0.1, -0.05) is 19.1 Å². The van der Waals surface area contributed by atoms with Gasteiger partial charge in [-0.25, -0.2) is 4.98 Å². The topological polar surface area (TPSA) is 53.1 Å². The quantitative estimate of drug-likeness (QED) is 0.793. The third-order valence-electron chi connectivity index (χ3n) is 3.49. The summed E-state index contributed by atoms with van der Waals surface area (Å²) in [5.41, 5.74) is 10.2. The van der Waals surface area contributed by atoms with Gasteiger partial charge in [0.2, 0.25) is 5.95 Å². The second-order valence-electron chi connectivity index (χ2n) is 4.68. The number of imidazole rings is 1. The van der Waals surface area contributed by atoms with Crippen molar-refractivity contribution in [1.29, 1.82) is 0 Å². The van der Waals surface area contributed by atoms with Crippen LogP contribution in [0.5, 0.6) is 5.75 Å². The van der Waals surface area contributed by atoms with E-state index in [1.54, 1.807) is 7.11 Å². The monoisotopic (exact) mass is 267 g/mol. The summed E-state index contributed by atoms with van der Waals surface area (Å²) in [6, 6.07) is 14.1. The summed E-state index contributed by atoms with van der Waals surface area (Å²) in [7, 11) is 1.65. The van der Waals surface area contributed by atoms with Crippen LogP contribution in [0, 0.1) is 0 Å². The van der Waals surface area contributed by atoms with E-state index in [4.69, 9.17) is 10.5 Å². The Morgan fingerprint density at radius 1 is 1.15 bits per heavy atom. The molecule has 3 rings (SSSR count). The zero-order chi connectivity index (χ0) is 14.1. The zero-order valence-electron chi connectivity index (χ0n) is 11.6. The van der Waals surface area contributed by atoms with Crippen LogP contribution in [0.25, 0.3) is 16.7 Å². The van der Waals surface area contributed by atoms with Gasteiger partial charge in [0.05, 0.1) is 18.1 Å². The number of methoxy groups -OCH3 is 1. The fourth-order valence-electron chi connectivity index (χ4n) is 2.35. The van der Waals surface area contributed by atoms with Crippen molar-refractivity contribution in [3.8, 4) is 11.4 Å². The van der Waals surface area contributed by atoms with Gasteiger partial charge in [0.15, 0.2) is 0 Å². The number of aryl methyl sites for hydroxylation is 1. The summed E-state index contributed by atoms with van der Waals surface area (Å²) in [6.07, 6.45) is 1.02. The molecule has 20 heavy (non-hydrogen) atoms. The molecule has 1 aromatic heterocycles. The van der Waals surface area contributed by atoms with Crippen LogP contribution >= 0.6 is 0 Å². The minimum atomic E-state index is 0.484. The molecule has 0 aliphatic rings. The summed E-state index contributed by atoms with van der Waals surface area (Å²) < 4.78 is 7.22. The number of hydrogen-bond donors (Lipinski definition) is 1. The number of rotatable bonds is 3. The Bertz CT molecular complexity index is 744. The van der Waals surface area contributed by atoms with Gasteiger partial charge in [-0.3, -0.25) is 4.57 Å². The maximum absolute atomic E-state index is 6.06. The molecule has 0 saturated carbocycles. The average molecular weight is 267 g/mol. The summed E-state index contributed by atoms with van der Waals surface area (Å²) in [5, 5.41) is 0. The van der Waals surface area contributed by atoms with Gasteiger partial charge in [0, 0.05) is 11.8 Å². The SMILES string of the molecule is CCc1ccc(-n2c(N)nc3ccc(OC)cc32)cc1. The number of hydrogen-bond acceptors (Lipinski definition) is 3. The minimum Gasteiger partial charge on any atom is -0.497 e. The van der Waals surface area contributed by atoms with Crippen LogP contribution in [-0.4, -0.2) is 16.7 Å². The molecule has 0 amide bonds. The number of fused-ring (bicyclic) bond motifs is 1. The molecule has 0 bridgehead atoms. The average Bonchev–Trinajstić information content (AvgIpc) is 2.82. The summed E-state index contributed by atoms with van der Waals surface area (Å²) >= 11 is 0. The highest BCUT2D eigenvalue weighted by molar-refractivity contribution is 5.82. The highest BCUT2D eigenvalue weighted by atomic mass is 16.5. The number of nitrogens with zero attached hydrogens (tertiary/aromatic N) is 2. The third-order valence-corrected chi connectivity index (χ3v) is 3.49. The number of anilines is 1. The lowest BCUT2D eigenvalue weighted by molar-refractivity contribution is 0.415. The number of nitrogen functional groups attached to an aromatic ring is 1. The van der Waals surface area contributed by atoms with Crippen LogP contribution in [0.15, 0.2) is 42.5 Å². The van der Waals surface area contributed by atoms with Crippen LogP contribution in [0.1, 0.15) is 12.5 Å². The largest absolute Gasteiger partial charge is 0.497 e. The van der Waals surface area contributed by atoms with Crippen LogP contribution in [-0.2, 0) is 6.42 Å². The Hall–Kier alpha value is -2.49. The lowest BCUT2D eigenvalue weighted by Gasteiger charge is -2.08. The zero-order valence-corrected chi connectivity index (χ0v) is 11.6. The van der Waals surface area contributed by atoms with E-state index in [1.807, 2.05) is 22.8 Å². The van der Waals surface area contributed by atoms with Crippen LogP contribution in [0.2, 0.25) is 0 Å². The minimum absolute atomic E-state index is 0.484. The van der Waals surface area contributed by atoms with Crippen molar-refractivity contribution in [3.63, 3.8) is 0 Å². The molecule has 0 saturated heterocycles. The molecule has 0 unspecified atom stereocenters. The Morgan fingerprint density at radius 2 is 1.90 bits per heavy atom. The molecule has 2 aromatic carbocycles. The normalized spacial score (nSPS) is 10.9. The molecule has 0 spiro atoms. The molecule has 4 heteroatoms. The van der Waals surface area contributed by atoms with E-state index in [0.717, 1.165) is 28.9 Å². The molecule has 0 atom stereocenters. The van der Waals surface area contributed by atoms with Crippen molar-refractivity contribution in [1.82, 2.24) is 9.55 Å². The van der Waals surface area contributed by atoms with Crippen molar-refractivity contribution in [3.05, 3.63) is 48.0 Å². The van der Waals surface area contributed by atoms with E-state index in [0.29, 0.717) is 5.95 Å². The maximum atomic E-state index is 6.06. The molecule has 0 radical (unpaired) electrons. The van der Waals surface area contributed by atoms with Gasteiger partial charge in [-0.15, -0.1) is 0 Å². The van der Waals surface area contributed by atoms with E-state index in [1.165, 1.54) is 5.56 Å². The summed E-state index contributed by atoms with van der Waals surface area (Å²) in [5.74, 6) is 1.28. The molecule has 3 aromatic rings. The number of benzene rings is 2. The van der Waals surface area contributed by atoms with Gasteiger partial charge >= 0.3 is 0 Å². The van der Waals surface area contributed by atoms with Gasteiger partial charge in [-0.2, -0.15) is 0 Å². The Labute approximate surface area is 117 Å². The van der Waals surface area contributed by atoms with Gasteiger partial charge in [0.25, 0.3) is 0 Å². The van der Waals surface area contributed by atoms with E-state index in [2.05, 4.69) is 36.2 Å². The predicted octanol–water partition coefficient (Wildman–Crippen LogP) is 3.18. The molecule has 0 aliphatic heterocycles. The number of aromatic nitrogens is 2. The van der Waals surface area contributed by atoms with Crippen LogP contribution in [0.3, 0.4) is 0 Å². The first-order chi connectivity index (χ1) is 9.72. The number of ether oxygens (including phenoxy) is 1. The second-order valence-corrected chi connectivity index (χ2v) is 4.68. The molecule has 0 fully saturated rings. The third kappa shape index (κ3) is 1.99. The van der Waals surface area contributed by atoms with Crippen molar-refractivity contribution in [2.24, 2.45) is 0 Å². The summed E-state index contributed by atoms with van der Waals surface area (Å²) in [4.78, 5) is 4.39. The van der Waals surface area contributed by atoms with Crippen molar-refractivity contribution < 1.29 is 4.74 Å². The van der Waals surface area contributed by atoms with E-state index >= 15 is 0 Å². The second kappa shape index (κ2) is 4.89. The Balaban J connectivity index is 2.20. The number of nitrogens with two attached hydrogens (primary N) is 1. The van der Waals surface area contributed by atoms with E-state index in [9.17, 15) is 0 Å². The standard InChI is InChI=1S/C16H17N3O/c1-3-11-4-6-12(7-5-11)19-15-10-13(20-2)8-9-14(15)18-16(19)17/h4-10H,3H2,1-2H3,(H2,17,18). The smallest absolute Gasteiger partial charge is 0.205 e. The van der Waals surface area contributed by atoms with E-state index < -0.39 is 0 Å². The van der Waals surface area contributed by atoms with Crippen molar-refractivity contribution in [2.75, 3.05) is 12.8 Å². The lowest BCUT2D eigenvalue weighted by Crippen LogP contribution is -2.00. The Kier molecular flexibility index (Phi) is 3.06. The molecule has 0 aliphatic carbocycles. The molecule has 4 nitrogen and oxygen atoms in total. The van der Waals surface area contributed by atoms with Crippen molar-refractivity contribution in [2.45, 2.75) is 13.3 Å². The first-order valence-electron chi connectivity index (χ1n) is 6.64. The first-order valence-corrected chi connectivity index (χ1v) is 6.64. The highest BCUT2D eigenvalue weighted by Crippen LogP contribution is 2.26. The first kappa shape index (κ1) is 12.5. The molecule has 1 heterocycles. The highest BCUT2D eigenvalue weighted by Gasteiger charge is 2.10. The van der Waals surface area contributed by atoms with Gasteiger partial charge < -0.3 is 10.5 Å². The lowest BCUT2D eigenvalue weighted by atomic mass is 10.1.